The topological polar surface area (TPSA) is 30.3 Å². The number of benzene rings is 1. The summed E-state index contributed by atoms with van der Waals surface area (Å²) >= 11 is 3.56. The van der Waals surface area contributed by atoms with Gasteiger partial charge in [-0.1, -0.05) is 6.92 Å². The number of nitriles is 1. The quantitative estimate of drug-likeness (QED) is 0.852. The van der Waals surface area contributed by atoms with Crippen LogP contribution in [0.1, 0.15) is 25.3 Å². The zero-order chi connectivity index (χ0) is 13.8. The van der Waals surface area contributed by atoms with E-state index in [1.165, 1.54) is 19.4 Å². The molecule has 2 rings (SSSR count). The first-order valence-electron chi connectivity index (χ1n) is 6.80. The molecule has 0 radical (unpaired) electrons. The van der Waals surface area contributed by atoms with Gasteiger partial charge in [0, 0.05) is 24.1 Å². The van der Waals surface area contributed by atoms with Gasteiger partial charge < -0.3 is 4.90 Å². The van der Waals surface area contributed by atoms with Crippen LogP contribution in [0.25, 0.3) is 0 Å². The number of nitrogens with zero attached hydrogens (tertiary/aromatic N) is 3. The van der Waals surface area contributed by atoms with E-state index in [0.29, 0.717) is 11.6 Å². The van der Waals surface area contributed by atoms with Gasteiger partial charge in [-0.15, -0.1) is 0 Å². The number of halogens is 1. The van der Waals surface area contributed by atoms with Gasteiger partial charge in [0.2, 0.25) is 0 Å². The fraction of sp³-hybridized carbons (Fsp3) is 0.533. The highest BCUT2D eigenvalue weighted by Gasteiger charge is 2.24. The van der Waals surface area contributed by atoms with Gasteiger partial charge in [-0.2, -0.15) is 5.26 Å². The lowest BCUT2D eigenvalue weighted by Gasteiger charge is -2.29. The molecule has 1 aliphatic rings. The Bertz CT molecular complexity index is 481. The van der Waals surface area contributed by atoms with E-state index in [0.717, 1.165) is 23.2 Å². The Hall–Kier alpha value is -1.05. The van der Waals surface area contributed by atoms with Crippen molar-refractivity contribution < 1.29 is 0 Å². The highest BCUT2D eigenvalue weighted by Crippen LogP contribution is 2.28. The molecule has 0 aromatic heterocycles. The van der Waals surface area contributed by atoms with Crippen molar-refractivity contribution in [3.05, 3.63) is 28.2 Å². The Morgan fingerprint density at radius 2 is 2.32 bits per heavy atom. The van der Waals surface area contributed by atoms with Crippen molar-refractivity contribution in [1.82, 2.24) is 4.90 Å². The van der Waals surface area contributed by atoms with Gasteiger partial charge in [0.05, 0.1) is 17.3 Å². The molecule has 1 aromatic carbocycles. The summed E-state index contributed by atoms with van der Waals surface area (Å²) in [6.07, 6.45) is 2.59. The minimum Gasteiger partial charge on any atom is -0.372 e. The molecule has 0 bridgehead atoms. The molecule has 0 spiro atoms. The Morgan fingerprint density at radius 1 is 1.53 bits per heavy atom. The molecule has 3 nitrogen and oxygen atoms in total. The average Bonchev–Trinajstić information content (AvgIpc) is 2.85. The van der Waals surface area contributed by atoms with E-state index in [1.807, 2.05) is 18.2 Å². The molecule has 19 heavy (non-hydrogen) atoms. The van der Waals surface area contributed by atoms with Crippen molar-refractivity contribution in [2.24, 2.45) is 0 Å². The van der Waals surface area contributed by atoms with Crippen molar-refractivity contribution in [2.75, 3.05) is 31.6 Å². The molecular formula is C15H20BrN3. The van der Waals surface area contributed by atoms with Crippen LogP contribution in [0, 0.1) is 11.3 Å². The van der Waals surface area contributed by atoms with Crippen LogP contribution in [0.5, 0.6) is 0 Å². The fourth-order valence-corrected chi connectivity index (χ4v) is 3.50. The van der Waals surface area contributed by atoms with Crippen LogP contribution in [0.4, 0.5) is 5.69 Å². The SMILES string of the molecule is CCN1CCCC1CN(C)c1ccc(C#N)cc1Br. The van der Waals surface area contributed by atoms with E-state index in [9.17, 15) is 0 Å². The van der Waals surface area contributed by atoms with Crippen molar-refractivity contribution in [1.29, 1.82) is 5.26 Å². The van der Waals surface area contributed by atoms with Gasteiger partial charge in [0.15, 0.2) is 0 Å². The van der Waals surface area contributed by atoms with Crippen LogP contribution >= 0.6 is 15.9 Å². The zero-order valence-corrected chi connectivity index (χ0v) is 13.2. The van der Waals surface area contributed by atoms with E-state index in [-0.39, 0.29) is 0 Å². The van der Waals surface area contributed by atoms with Crippen LogP contribution < -0.4 is 4.90 Å². The second-order valence-electron chi connectivity index (χ2n) is 5.08. The number of anilines is 1. The molecular weight excluding hydrogens is 302 g/mol. The molecule has 1 heterocycles. The number of likely N-dealkylation sites (N-methyl/N-ethyl adjacent to an activating group) is 2. The van der Waals surface area contributed by atoms with Gasteiger partial charge in [-0.25, -0.2) is 0 Å². The summed E-state index contributed by atoms with van der Waals surface area (Å²) in [7, 11) is 2.12. The number of hydrogen-bond acceptors (Lipinski definition) is 3. The lowest BCUT2D eigenvalue weighted by atomic mass is 10.1. The zero-order valence-electron chi connectivity index (χ0n) is 11.6. The lowest BCUT2D eigenvalue weighted by Crippen LogP contribution is -2.38. The van der Waals surface area contributed by atoms with Gasteiger partial charge >= 0.3 is 0 Å². The Labute approximate surface area is 123 Å². The summed E-state index contributed by atoms with van der Waals surface area (Å²) in [5.41, 5.74) is 1.85. The summed E-state index contributed by atoms with van der Waals surface area (Å²) in [6, 6.07) is 8.60. The third kappa shape index (κ3) is 3.29. The van der Waals surface area contributed by atoms with E-state index < -0.39 is 0 Å². The van der Waals surface area contributed by atoms with Crippen LogP contribution in [-0.4, -0.2) is 37.6 Å². The van der Waals surface area contributed by atoms with Crippen molar-refractivity contribution in [2.45, 2.75) is 25.8 Å². The number of likely N-dealkylation sites (tertiary alicyclic amines) is 1. The Kier molecular flexibility index (Phi) is 4.84. The number of hydrogen-bond donors (Lipinski definition) is 0. The molecule has 1 atom stereocenters. The van der Waals surface area contributed by atoms with Gasteiger partial charge in [-0.3, -0.25) is 4.90 Å². The van der Waals surface area contributed by atoms with E-state index in [2.05, 4.69) is 45.8 Å². The predicted molar refractivity (Wildman–Crippen MR) is 82.4 cm³/mol. The first-order valence-corrected chi connectivity index (χ1v) is 7.59. The van der Waals surface area contributed by atoms with Crippen LogP contribution in [0.2, 0.25) is 0 Å². The monoisotopic (exact) mass is 321 g/mol. The second kappa shape index (κ2) is 6.40. The molecule has 1 unspecified atom stereocenters. The minimum absolute atomic E-state index is 0.651. The highest BCUT2D eigenvalue weighted by molar-refractivity contribution is 9.10. The lowest BCUT2D eigenvalue weighted by molar-refractivity contribution is 0.270. The average molecular weight is 322 g/mol. The standard InChI is InChI=1S/C15H20BrN3/c1-3-19-8-4-5-13(19)11-18(2)15-7-6-12(10-17)9-14(15)16/h6-7,9,13H,3-5,8,11H2,1-2H3. The molecule has 1 fully saturated rings. The maximum absolute atomic E-state index is 8.90. The van der Waals surface area contributed by atoms with Gasteiger partial charge in [0.1, 0.15) is 0 Å². The van der Waals surface area contributed by atoms with Gasteiger partial charge in [0.25, 0.3) is 0 Å². The maximum Gasteiger partial charge on any atom is 0.0992 e. The first kappa shape index (κ1) is 14.4. The molecule has 4 heteroatoms. The molecule has 0 N–H and O–H groups in total. The summed E-state index contributed by atoms with van der Waals surface area (Å²) < 4.78 is 0.995. The van der Waals surface area contributed by atoms with E-state index >= 15 is 0 Å². The van der Waals surface area contributed by atoms with E-state index in [4.69, 9.17) is 5.26 Å². The normalized spacial score (nSPS) is 19.4. The largest absolute Gasteiger partial charge is 0.372 e. The Morgan fingerprint density at radius 3 is 2.95 bits per heavy atom. The summed E-state index contributed by atoms with van der Waals surface area (Å²) in [5.74, 6) is 0. The third-order valence-corrected chi connectivity index (χ3v) is 4.51. The molecule has 0 amide bonds. The highest BCUT2D eigenvalue weighted by atomic mass is 79.9. The summed E-state index contributed by atoms with van der Waals surface area (Å²) in [4.78, 5) is 4.83. The molecule has 102 valence electrons. The summed E-state index contributed by atoms with van der Waals surface area (Å²) in [6.45, 7) is 5.63. The molecule has 1 saturated heterocycles. The molecule has 0 saturated carbocycles. The third-order valence-electron chi connectivity index (χ3n) is 3.88. The van der Waals surface area contributed by atoms with Gasteiger partial charge in [-0.05, 0) is 60.1 Å². The van der Waals surface area contributed by atoms with Crippen molar-refractivity contribution >= 4 is 21.6 Å². The van der Waals surface area contributed by atoms with Crippen LogP contribution in [0.3, 0.4) is 0 Å². The van der Waals surface area contributed by atoms with Crippen LogP contribution in [-0.2, 0) is 0 Å². The van der Waals surface area contributed by atoms with Crippen molar-refractivity contribution in [3.8, 4) is 6.07 Å². The summed E-state index contributed by atoms with van der Waals surface area (Å²) in [5, 5.41) is 8.90. The second-order valence-corrected chi connectivity index (χ2v) is 5.94. The Balaban J connectivity index is 2.07. The van der Waals surface area contributed by atoms with Crippen LogP contribution in [0.15, 0.2) is 22.7 Å². The maximum atomic E-state index is 8.90. The first-order chi connectivity index (χ1) is 9.15. The fourth-order valence-electron chi connectivity index (χ4n) is 2.82. The smallest absolute Gasteiger partial charge is 0.0992 e. The number of rotatable bonds is 4. The van der Waals surface area contributed by atoms with Crippen molar-refractivity contribution in [3.63, 3.8) is 0 Å². The molecule has 0 aliphatic carbocycles. The predicted octanol–water partition coefficient (Wildman–Crippen LogP) is 3.24. The minimum atomic E-state index is 0.651. The molecule has 1 aromatic rings. The molecule has 1 aliphatic heterocycles. The van der Waals surface area contributed by atoms with E-state index in [1.54, 1.807) is 0 Å².